The fourth-order valence-electron chi connectivity index (χ4n) is 7.58. The first-order valence-electron chi connectivity index (χ1n) is 11.1. The molecular formula is C21H33N3O2S. The standard InChI is InChI=1S/C21H33N3O2S/c25-19(22-20-8-15-5-16(9-20)7-17(6-15)10-20)24-13-21(14-24)11-18(12-27-21)23-1-3-26-4-2-23/h15-18H,1-14H2,(H,22,25). The minimum absolute atomic E-state index is 0.147. The van der Waals surface area contributed by atoms with Gasteiger partial charge in [-0.1, -0.05) is 0 Å². The number of hydrogen-bond donors (Lipinski definition) is 1. The molecule has 0 aromatic rings. The molecule has 150 valence electrons. The van der Waals surface area contributed by atoms with Crippen molar-refractivity contribution in [3.8, 4) is 0 Å². The Morgan fingerprint density at radius 2 is 1.59 bits per heavy atom. The maximum absolute atomic E-state index is 13.0. The Hall–Kier alpha value is -0.460. The molecule has 5 nitrogen and oxygen atoms in total. The minimum atomic E-state index is 0.147. The van der Waals surface area contributed by atoms with Gasteiger partial charge in [0.1, 0.15) is 0 Å². The van der Waals surface area contributed by atoms with E-state index < -0.39 is 0 Å². The number of thioether (sulfide) groups is 1. The van der Waals surface area contributed by atoms with Gasteiger partial charge >= 0.3 is 6.03 Å². The average molecular weight is 392 g/mol. The average Bonchev–Trinajstić information content (AvgIpc) is 3.05. The third kappa shape index (κ3) is 3.01. The summed E-state index contributed by atoms with van der Waals surface area (Å²) in [6, 6.07) is 0.922. The van der Waals surface area contributed by atoms with Crippen molar-refractivity contribution in [1.82, 2.24) is 15.1 Å². The molecule has 3 aliphatic heterocycles. The summed E-state index contributed by atoms with van der Waals surface area (Å²) in [5.74, 6) is 3.89. The lowest BCUT2D eigenvalue weighted by molar-refractivity contribution is -0.0181. The summed E-state index contributed by atoms with van der Waals surface area (Å²) >= 11 is 2.12. The number of urea groups is 1. The van der Waals surface area contributed by atoms with E-state index in [4.69, 9.17) is 4.74 Å². The van der Waals surface area contributed by atoms with Gasteiger partial charge in [-0.15, -0.1) is 11.8 Å². The number of ether oxygens (including phenoxy) is 1. The van der Waals surface area contributed by atoms with Crippen molar-refractivity contribution in [1.29, 1.82) is 0 Å². The van der Waals surface area contributed by atoms with Gasteiger partial charge in [-0.3, -0.25) is 4.90 Å². The molecule has 3 heterocycles. The molecule has 0 radical (unpaired) electrons. The Bertz CT molecular complexity index is 579. The minimum Gasteiger partial charge on any atom is -0.379 e. The van der Waals surface area contributed by atoms with Crippen LogP contribution in [0.5, 0.6) is 0 Å². The van der Waals surface area contributed by atoms with Gasteiger partial charge in [0, 0.05) is 43.5 Å². The Kier molecular flexibility index (Phi) is 4.04. The summed E-state index contributed by atoms with van der Waals surface area (Å²) in [4.78, 5) is 17.7. The quantitative estimate of drug-likeness (QED) is 0.786. The van der Waals surface area contributed by atoms with Gasteiger partial charge in [0.15, 0.2) is 0 Å². The highest BCUT2D eigenvalue weighted by molar-refractivity contribution is 8.01. The second kappa shape index (κ2) is 6.27. The fourth-order valence-corrected chi connectivity index (χ4v) is 9.26. The smallest absolute Gasteiger partial charge is 0.317 e. The van der Waals surface area contributed by atoms with Gasteiger partial charge in [-0.25, -0.2) is 4.79 Å². The topological polar surface area (TPSA) is 44.8 Å². The Morgan fingerprint density at radius 3 is 2.22 bits per heavy atom. The molecule has 1 N–H and O–H groups in total. The Morgan fingerprint density at radius 1 is 0.963 bits per heavy atom. The number of nitrogens with one attached hydrogen (secondary N) is 1. The Balaban J connectivity index is 1.05. The van der Waals surface area contributed by atoms with Crippen LogP contribution in [0.25, 0.3) is 0 Å². The van der Waals surface area contributed by atoms with E-state index in [1.165, 1.54) is 50.7 Å². The van der Waals surface area contributed by atoms with Gasteiger partial charge in [0.05, 0.1) is 18.0 Å². The predicted octanol–water partition coefficient (Wildman–Crippen LogP) is 2.56. The molecule has 4 aliphatic carbocycles. The van der Waals surface area contributed by atoms with Crippen LogP contribution < -0.4 is 5.32 Å². The maximum atomic E-state index is 13.0. The SMILES string of the molecule is O=C(NC12CC3CC(CC(C3)C1)C2)N1CC2(CC(N3CCOCC3)CS2)C1. The molecule has 1 atom stereocenters. The zero-order chi connectivity index (χ0) is 18.1. The summed E-state index contributed by atoms with van der Waals surface area (Å²) in [7, 11) is 0. The van der Waals surface area contributed by atoms with Crippen LogP contribution in [-0.4, -0.2) is 77.3 Å². The molecule has 4 saturated carbocycles. The summed E-state index contributed by atoms with van der Waals surface area (Å²) in [6.45, 7) is 5.84. The summed E-state index contributed by atoms with van der Waals surface area (Å²) in [6.07, 6.45) is 9.29. The molecule has 3 saturated heterocycles. The van der Waals surface area contributed by atoms with Crippen molar-refractivity contribution in [2.75, 3.05) is 45.1 Å². The molecule has 27 heavy (non-hydrogen) atoms. The second-order valence-corrected chi connectivity index (χ2v) is 12.0. The number of rotatable bonds is 2. The van der Waals surface area contributed by atoms with Gasteiger partial charge < -0.3 is 15.0 Å². The van der Waals surface area contributed by atoms with Gasteiger partial charge in [-0.2, -0.15) is 0 Å². The third-order valence-corrected chi connectivity index (χ3v) is 10.00. The van der Waals surface area contributed by atoms with Crippen LogP contribution in [0.1, 0.15) is 44.9 Å². The number of amides is 2. The predicted molar refractivity (Wildman–Crippen MR) is 107 cm³/mol. The van der Waals surface area contributed by atoms with E-state index in [0.717, 1.165) is 57.1 Å². The van der Waals surface area contributed by atoms with E-state index in [2.05, 4.69) is 26.9 Å². The molecule has 7 aliphatic rings. The first-order valence-corrected chi connectivity index (χ1v) is 12.1. The molecule has 0 aromatic carbocycles. The van der Waals surface area contributed by atoms with E-state index in [1.807, 2.05) is 0 Å². The molecule has 2 amide bonds. The van der Waals surface area contributed by atoms with Crippen LogP contribution in [0.15, 0.2) is 0 Å². The zero-order valence-corrected chi connectivity index (χ0v) is 17.1. The van der Waals surface area contributed by atoms with Crippen molar-refractivity contribution in [2.45, 2.75) is 61.3 Å². The first kappa shape index (κ1) is 17.4. The Labute approximate surface area is 166 Å². The van der Waals surface area contributed by atoms with Crippen LogP contribution in [0.4, 0.5) is 4.79 Å². The number of likely N-dealkylation sites (tertiary alicyclic amines) is 1. The fraction of sp³-hybridized carbons (Fsp3) is 0.952. The van der Waals surface area contributed by atoms with E-state index in [9.17, 15) is 4.79 Å². The highest BCUT2D eigenvalue weighted by atomic mass is 32.2. The number of morpholine rings is 1. The number of carbonyl (C=O) groups is 1. The van der Waals surface area contributed by atoms with Crippen molar-refractivity contribution < 1.29 is 9.53 Å². The number of nitrogens with zero attached hydrogens (tertiary/aromatic N) is 2. The molecule has 6 heteroatoms. The third-order valence-electron chi connectivity index (χ3n) is 8.41. The van der Waals surface area contributed by atoms with Crippen molar-refractivity contribution in [3.05, 3.63) is 0 Å². The van der Waals surface area contributed by atoms with Crippen LogP contribution in [0, 0.1) is 17.8 Å². The van der Waals surface area contributed by atoms with Crippen LogP contribution in [0.2, 0.25) is 0 Å². The van der Waals surface area contributed by atoms with Crippen LogP contribution in [0.3, 0.4) is 0 Å². The largest absolute Gasteiger partial charge is 0.379 e. The molecule has 1 unspecified atom stereocenters. The lowest BCUT2D eigenvalue weighted by atomic mass is 9.53. The molecular weight excluding hydrogens is 358 g/mol. The van der Waals surface area contributed by atoms with E-state index >= 15 is 0 Å². The number of hydrogen-bond acceptors (Lipinski definition) is 4. The van der Waals surface area contributed by atoms with E-state index in [-0.39, 0.29) is 11.6 Å². The molecule has 0 aromatic heterocycles. The molecule has 1 spiro atoms. The molecule has 4 bridgehead atoms. The van der Waals surface area contributed by atoms with E-state index in [1.54, 1.807) is 0 Å². The van der Waals surface area contributed by atoms with Crippen molar-refractivity contribution in [2.24, 2.45) is 17.8 Å². The summed E-state index contributed by atoms with van der Waals surface area (Å²) in [5, 5.41) is 3.56. The molecule has 7 fully saturated rings. The normalized spacial score (nSPS) is 45.3. The van der Waals surface area contributed by atoms with E-state index in [0.29, 0.717) is 10.8 Å². The van der Waals surface area contributed by atoms with Crippen molar-refractivity contribution in [3.63, 3.8) is 0 Å². The lowest BCUT2D eigenvalue weighted by Gasteiger charge is -2.58. The summed E-state index contributed by atoms with van der Waals surface area (Å²) < 4.78 is 5.84. The maximum Gasteiger partial charge on any atom is 0.317 e. The van der Waals surface area contributed by atoms with Crippen LogP contribution >= 0.6 is 11.8 Å². The number of carbonyl (C=O) groups excluding carboxylic acids is 1. The highest BCUT2D eigenvalue weighted by Crippen LogP contribution is 2.56. The zero-order valence-electron chi connectivity index (χ0n) is 16.3. The summed E-state index contributed by atoms with van der Waals surface area (Å²) in [5.41, 5.74) is 0.147. The second-order valence-electron chi connectivity index (χ2n) is 10.5. The van der Waals surface area contributed by atoms with Gasteiger partial charge in [-0.05, 0) is 62.7 Å². The lowest BCUT2D eigenvalue weighted by Crippen LogP contribution is -2.68. The van der Waals surface area contributed by atoms with Crippen molar-refractivity contribution >= 4 is 17.8 Å². The monoisotopic (exact) mass is 391 g/mol. The molecule has 7 rings (SSSR count). The highest BCUT2D eigenvalue weighted by Gasteiger charge is 2.55. The van der Waals surface area contributed by atoms with Gasteiger partial charge in [0.2, 0.25) is 0 Å². The first-order chi connectivity index (χ1) is 13.1. The van der Waals surface area contributed by atoms with Gasteiger partial charge in [0.25, 0.3) is 0 Å². The van der Waals surface area contributed by atoms with Crippen LogP contribution in [-0.2, 0) is 4.74 Å².